The van der Waals surface area contributed by atoms with Crippen molar-refractivity contribution in [2.45, 2.75) is 13.0 Å². The summed E-state index contributed by atoms with van der Waals surface area (Å²) < 4.78 is 1.20. The highest BCUT2D eigenvalue weighted by Gasteiger charge is 2.31. The van der Waals surface area contributed by atoms with Crippen LogP contribution in [0.15, 0.2) is 60.7 Å². The molecule has 116 valence electrons. The molecule has 2 aromatic carbocycles. The predicted molar refractivity (Wildman–Crippen MR) is 92.8 cm³/mol. The molecule has 0 amide bonds. The second-order valence-electron chi connectivity index (χ2n) is 6.64. The van der Waals surface area contributed by atoms with Gasteiger partial charge in [0, 0.05) is 13.1 Å². The molecule has 1 aliphatic heterocycles. The third kappa shape index (κ3) is 3.23. The third-order valence-corrected chi connectivity index (χ3v) is 5.21. The SMILES string of the molecule is CC[N+]1(C)CCN(C(c2ccccc2)c2ccccc2)CC1. The first-order valence-corrected chi connectivity index (χ1v) is 8.39. The molecule has 0 spiro atoms. The van der Waals surface area contributed by atoms with Crippen molar-refractivity contribution < 1.29 is 4.48 Å². The summed E-state index contributed by atoms with van der Waals surface area (Å²) in [5.41, 5.74) is 2.81. The molecule has 0 unspecified atom stereocenters. The Morgan fingerprint density at radius 2 is 1.32 bits per heavy atom. The first-order valence-electron chi connectivity index (χ1n) is 8.39. The van der Waals surface area contributed by atoms with E-state index in [9.17, 15) is 0 Å². The molecule has 2 heteroatoms. The van der Waals surface area contributed by atoms with Gasteiger partial charge in [0.15, 0.2) is 0 Å². The summed E-state index contributed by atoms with van der Waals surface area (Å²) in [5, 5.41) is 0. The molecule has 2 aromatic rings. The maximum Gasteiger partial charge on any atom is 0.0914 e. The maximum absolute atomic E-state index is 2.65. The molecule has 0 radical (unpaired) electrons. The lowest BCUT2D eigenvalue weighted by atomic mass is 9.96. The second-order valence-corrected chi connectivity index (χ2v) is 6.64. The molecule has 1 heterocycles. The summed E-state index contributed by atoms with van der Waals surface area (Å²) in [7, 11) is 2.39. The molecular formula is C20H27N2+. The summed E-state index contributed by atoms with van der Waals surface area (Å²) in [6, 6.07) is 22.3. The minimum absolute atomic E-state index is 0.382. The zero-order valence-corrected chi connectivity index (χ0v) is 13.8. The number of quaternary nitrogens is 1. The van der Waals surface area contributed by atoms with E-state index in [4.69, 9.17) is 0 Å². The lowest BCUT2D eigenvalue weighted by Gasteiger charge is -2.44. The Morgan fingerprint density at radius 1 is 0.864 bits per heavy atom. The minimum Gasteiger partial charge on any atom is -0.324 e. The Morgan fingerprint density at radius 3 is 1.73 bits per heavy atom. The van der Waals surface area contributed by atoms with Crippen molar-refractivity contribution in [1.29, 1.82) is 0 Å². The third-order valence-electron chi connectivity index (χ3n) is 5.21. The molecule has 3 rings (SSSR count). The highest BCUT2D eigenvalue weighted by Crippen LogP contribution is 2.30. The summed E-state index contributed by atoms with van der Waals surface area (Å²) in [5.74, 6) is 0. The number of piperazine rings is 1. The Labute approximate surface area is 134 Å². The van der Waals surface area contributed by atoms with E-state index in [0.717, 1.165) is 0 Å². The van der Waals surface area contributed by atoms with E-state index in [1.807, 2.05) is 0 Å². The monoisotopic (exact) mass is 295 g/mol. The van der Waals surface area contributed by atoms with Gasteiger partial charge in [0.05, 0.1) is 32.7 Å². The van der Waals surface area contributed by atoms with Crippen LogP contribution in [0.4, 0.5) is 0 Å². The molecule has 0 bridgehead atoms. The molecule has 0 saturated carbocycles. The largest absolute Gasteiger partial charge is 0.324 e. The maximum atomic E-state index is 2.65. The quantitative estimate of drug-likeness (QED) is 0.780. The van der Waals surface area contributed by atoms with Crippen LogP contribution in [0.5, 0.6) is 0 Å². The van der Waals surface area contributed by atoms with Crippen LogP contribution in [0, 0.1) is 0 Å². The average molecular weight is 295 g/mol. The van der Waals surface area contributed by atoms with Crippen molar-refractivity contribution in [2.75, 3.05) is 39.8 Å². The molecule has 1 fully saturated rings. The molecule has 0 N–H and O–H groups in total. The van der Waals surface area contributed by atoms with Gasteiger partial charge in [-0.25, -0.2) is 0 Å². The van der Waals surface area contributed by atoms with E-state index in [1.165, 1.54) is 48.3 Å². The van der Waals surface area contributed by atoms with Gasteiger partial charge in [-0.2, -0.15) is 0 Å². The molecule has 0 aliphatic carbocycles. The number of likely N-dealkylation sites (N-methyl/N-ethyl adjacent to an activating group) is 1. The van der Waals surface area contributed by atoms with Gasteiger partial charge in [-0.15, -0.1) is 0 Å². The average Bonchev–Trinajstić information content (AvgIpc) is 2.59. The second kappa shape index (κ2) is 6.64. The van der Waals surface area contributed by atoms with Crippen LogP contribution in [0.2, 0.25) is 0 Å². The van der Waals surface area contributed by atoms with Crippen molar-refractivity contribution in [3.8, 4) is 0 Å². The molecule has 1 aliphatic rings. The van der Waals surface area contributed by atoms with E-state index < -0.39 is 0 Å². The van der Waals surface area contributed by atoms with Gasteiger partial charge in [-0.1, -0.05) is 60.7 Å². The number of hydrogen-bond acceptors (Lipinski definition) is 1. The van der Waals surface area contributed by atoms with Gasteiger partial charge in [0.1, 0.15) is 0 Å². The van der Waals surface area contributed by atoms with Crippen LogP contribution in [-0.2, 0) is 0 Å². The number of benzene rings is 2. The molecule has 2 nitrogen and oxygen atoms in total. The van der Waals surface area contributed by atoms with E-state index in [-0.39, 0.29) is 0 Å². The van der Waals surface area contributed by atoms with Gasteiger partial charge in [0.2, 0.25) is 0 Å². The van der Waals surface area contributed by atoms with Gasteiger partial charge in [-0.05, 0) is 18.1 Å². The topological polar surface area (TPSA) is 3.24 Å². The smallest absolute Gasteiger partial charge is 0.0914 e. The van der Waals surface area contributed by atoms with Crippen LogP contribution >= 0.6 is 0 Å². The van der Waals surface area contributed by atoms with Crippen molar-refractivity contribution in [2.24, 2.45) is 0 Å². The fourth-order valence-corrected chi connectivity index (χ4v) is 3.42. The van der Waals surface area contributed by atoms with Crippen LogP contribution < -0.4 is 0 Å². The summed E-state index contributed by atoms with van der Waals surface area (Å²) in [4.78, 5) is 2.65. The normalized spacial score (nSPS) is 18.5. The van der Waals surface area contributed by atoms with Crippen LogP contribution in [0.3, 0.4) is 0 Å². The number of rotatable bonds is 4. The number of nitrogens with zero attached hydrogens (tertiary/aromatic N) is 2. The molecule has 22 heavy (non-hydrogen) atoms. The minimum atomic E-state index is 0.382. The zero-order chi connectivity index (χ0) is 15.4. The number of hydrogen-bond donors (Lipinski definition) is 0. The molecule has 0 aromatic heterocycles. The van der Waals surface area contributed by atoms with Gasteiger partial charge < -0.3 is 4.48 Å². The van der Waals surface area contributed by atoms with E-state index >= 15 is 0 Å². The Bertz CT molecular complexity index is 532. The van der Waals surface area contributed by atoms with Gasteiger partial charge in [-0.3, -0.25) is 4.90 Å². The Balaban J connectivity index is 1.88. The fraction of sp³-hybridized carbons (Fsp3) is 0.400. The first-order chi connectivity index (χ1) is 10.7. The predicted octanol–water partition coefficient (Wildman–Crippen LogP) is 3.56. The molecule has 0 atom stereocenters. The highest BCUT2D eigenvalue weighted by molar-refractivity contribution is 5.31. The van der Waals surface area contributed by atoms with E-state index in [1.54, 1.807) is 0 Å². The van der Waals surface area contributed by atoms with Gasteiger partial charge >= 0.3 is 0 Å². The standard InChI is InChI=1S/C20H27N2/c1-3-22(2)16-14-21(15-17-22)20(18-10-6-4-7-11-18)19-12-8-5-9-13-19/h4-13,20H,3,14-17H2,1-2H3/q+1. The fourth-order valence-electron chi connectivity index (χ4n) is 3.42. The molecule has 1 saturated heterocycles. The summed E-state index contributed by atoms with van der Waals surface area (Å²) in [6.07, 6.45) is 0. The highest BCUT2D eigenvalue weighted by atomic mass is 15.4. The summed E-state index contributed by atoms with van der Waals surface area (Å²) in [6.45, 7) is 8.35. The van der Waals surface area contributed by atoms with Crippen LogP contribution in [0.1, 0.15) is 24.1 Å². The summed E-state index contributed by atoms with van der Waals surface area (Å²) >= 11 is 0. The zero-order valence-electron chi connectivity index (χ0n) is 13.8. The Hall–Kier alpha value is -1.64. The van der Waals surface area contributed by atoms with Crippen LogP contribution in [0.25, 0.3) is 0 Å². The Kier molecular flexibility index (Phi) is 4.60. The van der Waals surface area contributed by atoms with E-state index in [0.29, 0.717) is 6.04 Å². The van der Waals surface area contributed by atoms with Crippen molar-refractivity contribution in [3.05, 3.63) is 71.8 Å². The lowest BCUT2D eigenvalue weighted by molar-refractivity contribution is -0.912. The van der Waals surface area contributed by atoms with Gasteiger partial charge in [0.25, 0.3) is 0 Å². The first kappa shape index (κ1) is 15.3. The van der Waals surface area contributed by atoms with Crippen LogP contribution in [-0.4, -0.2) is 49.2 Å². The van der Waals surface area contributed by atoms with Crippen molar-refractivity contribution in [1.82, 2.24) is 4.90 Å². The molecular weight excluding hydrogens is 268 g/mol. The lowest BCUT2D eigenvalue weighted by Crippen LogP contribution is -2.57. The van der Waals surface area contributed by atoms with Crippen molar-refractivity contribution >= 4 is 0 Å². The van der Waals surface area contributed by atoms with E-state index in [2.05, 4.69) is 79.5 Å². The van der Waals surface area contributed by atoms with Crippen molar-refractivity contribution in [3.63, 3.8) is 0 Å².